The van der Waals surface area contributed by atoms with Crippen LogP contribution in [0.1, 0.15) is 57.6 Å². The van der Waals surface area contributed by atoms with Crippen LogP contribution in [0.5, 0.6) is 5.75 Å². The van der Waals surface area contributed by atoms with Gasteiger partial charge in [0.1, 0.15) is 11.8 Å². The quantitative estimate of drug-likeness (QED) is 0.646. The van der Waals surface area contributed by atoms with E-state index in [1.54, 1.807) is 0 Å². The molecule has 1 rings (SSSR count). The lowest BCUT2D eigenvalue weighted by Gasteiger charge is -2.19. The molecule has 0 spiro atoms. The molecule has 0 aliphatic rings. The van der Waals surface area contributed by atoms with E-state index in [1.807, 2.05) is 45.9 Å². The molecule has 22 heavy (non-hydrogen) atoms. The molecule has 0 unspecified atom stereocenters. The Balaban J connectivity index is 2.91. The fraction of sp³-hybridized carbons (Fsp3) is 0.529. The zero-order valence-corrected chi connectivity index (χ0v) is 13.9. The van der Waals surface area contributed by atoms with Crippen molar-refractivity contribution in [2.75, 3.05) is 6.61 Å². The third-order valence-corrected chi connectivity index (χ3v) is 3.24. The Bertz CT molecular complexity index is 509. The van der Waals surface area contributed by atoms with E-state index in [4.69, 9.17) is 15.2 Å². The van der Waals surface area contributed by atoms with Gasteiger partial charge in [0.05, 0.1) is 0 Å². The fourth-order valence-electron chi connectivity index (χ4n) is 2.01. The van der Waals surface area contributed by atoms with E-state index in [2.05, 4.69) is 0 Å². The van der Waals surface area contributed by atoms with Gasteiger partial charge in [0.2, 0.25) is 0 Å². The topological polar surface area (TPSA) is 78.6 Å². The number of carbonyl (C=O) groups excluding carboxylic acids is 2. The van der Waals surface area contributed by atoms with Gasteiger partial charge in [-0.3, -0.25) is 4.79 Å². The molecular weight excluding hydrogens is 282 g/mol. The molecule has 1 atom stereocenters. The van der Waals surface area contributed by atoms with Gasteiger partial charge in [-0.05, 0) is 29.9 Å². The largest absolute Gasteiger partial charge is 0.453 e. The molecule has 1 aromatic rings. The van der Waals surface area contributed by atoms with E-state index in [0.29, 0.717) is 5.75 Å². The second kappa shape index (κ2) is 7.94. The number of nitrogens with two attached hydrogens (primary N) is 1. The highest BCUT2D eigenvalue weighted by Gasteiger charge is 2.19. The minimum Gasteiger partial charge on any atom is -0.453 e. The fourth-order valence-corrected chi connectivity index (χ4v) is 2.01. The predicted octanol–water partition coefficient (Wildman–Crippen LogP) is 2.73. The van der Waals surface area contributed by atoms with Crippen LogP contribution in [0.3, 0.4) is 0 Å². The maximum Gasteiger partial charge on any atom is 0.349 e. The van der Waals surface area contributed by atoms with Crippen molar-refractivity contribution in [3.05, 3.63) is 29.3 Å². The van der Waals surface area contributed by atoms with Crippen LogP contribution in [0.25, 0.3) is 0 Å². The van der Waals surface area contributed by atoms with Gasteiger partial charge in [-0.2, -0.15) is 0 Å². The first-order chi connectivity index (χ1) is 10.2. The first-order valence-electron chi connectivity index (χ1n) is 7.49. The van der Waals surface area contributed by atoms with Crippen LogP contribution in [-0.4, -0.2) is 24.6 Å². The van der Waals surface area contributed by atoms with Gasteiger partial charge >= 0.3 is 11.9 Å². The van der Waals surface area contributed by atoms with Gasteiger partial charge in [-0.1, -0.05) is 45.9 Å². The minimum absolute atomic E-state index is 0.216. The van der Waals surface area contributed by atoms with E-state index in [-0.39, 0.29) is 11.8 Å². The van der Waals surface area contributed by atoms with Gasteiger partial charge in [-0.25, -0.2) is 4.79 Å². The Hall–Kier alpha value is -1.88. The number of rotatable bonds is 6. The molecule has 1 aromatic carbocycles. The summed E-state index contributed by atoms with van der Waals surface area (Å²) >= 11 is 0. The molecular formula is C17H25NO4. The number of para-hydroxylation sites is 1. The van der Waals surface area contributed by atoms with Crippen LogP contribution >= 0.6 is 0 Å². The molecule has 0 heterocycles. The first-order valence-corrected chi connectivity index (χ1v) is 7.49. The SMILES string of the molecule is CC(C)c1cccc(C(C)C)c1OC(=O)COC(=O)[C@H](C)N. The Morgan fingerprint density at radius 1 is 1.05 bits per heavy atom. The highest BCUT2D eigenvalue weighted by Crippen LogP contribution is 2.34. The van der Waals surface area contributed by atoms with Crippen molar-refractivity contribution in [3.63, 3.8) is 0 Å². The zero-order chi connectivity index (χ0) is 16.9. The lowest BCUT2D eigenvalue weighted by atomic mass is 9.94. The third kappa shape index (κ3) is 4.84. The van der Waals surface area contributed by atoms with Gasteiger partial charge in [0, 0.05) is 0 Å². The summed E-state index contributed by atoms with van der Waals surface area (Å²) in [6, 6.07) is 5.07. The number of ether oxygens (including phenoxy) is 2. The van der Waals surface area contributed by atoms with Crippen LogP contribution in [0, 0.1) is 0 Å². The summed E-state index contributed by atoms with van der Waals surface area (Å²) < 4.78 is 10.3. The van der Waals surface area contributed by atoms with Crippen molar-refractivity contribution in [2.45, 2.75) is 52.5 Å². The maximum absolute atomic E-state index is 11.9. The first kappa shape index (κ1) is 18.2. The second-order valence-corrected chi connectivity index (χ2v) is 5.95. The van der Waals surface area contributed by atoms with Crippen molar-refractivity contribution in [1.29, 1.82) is 0 Å². The molecule has 5 heteroatoms. The molecule has 0 saturated heterocycles. The summed E-state index contributed by atoms with van der Waals surface area (Å²) in [6.45, 7) is 9.20. The number of esters is 2. The van der Waals surface area contributed by atoms with E-state index in [1.165, 1.54) is 6.92 Å². The summed E-state index contributed by atoms with van der Waals surface area (Å²) in [5.74, 6) is -0.238. The number of hydrogen-bond donors (Lipinski definition) is 1. The van der Waals surface area contributed by atoms with Crippen molar-refractivity contribution in [1.82, 2.24) is 0 Å². The molecule has 0 bridgehead atoms. The summed E-state index contributed by atoms with van der Waals surface area (Å²) in [4.78, 5) is 23.2. The smallest absolute Gasteiger partial charge is 0.349 e. The average Bonchev–Trinajstić information content (AvgIpc) is 2.44. The van der Waals surface area contributed by atoms with Crippen molar-refractivity contribution < 1.29 is 19.1 Å². The van der Waals surface area contributed by atoms with Crippen LogP contribution in [-0.2, 0) is 14.3 Å². The Morgan fingerprint density at radius 3 is 1.95 bits per heavy atom. The summed E-state index contributed by atoms with van der Waals surface area (Å²) in [6.07, 6.45) is 0. The Kier molecular flexibility index (Phi) is 6.56. The third-order valence-electron chi connectivity index (χ3n) is 3.24. The number of benzene rings is 1. The Morgan fingerprint density at radius 2 is 1.55 bits per heavy atom. The van der Waals surface area contributed by atoms with E-state index in [9.17, 15) is 9.59 Å². The molecule has 122 valence electrons. The van der Waals surface area contributed by atoms with E-state index < -0.39 is 24.6 Å². The van der Waals surface area contributed by atoms with Crippen LogP contribution in [0.2, 0.25) is 0 Å². The van der Waals surface area contributed by atoms with Gasteiger partial charge < -0.3 is 15.2 Å². The standard InChI is InChI=1S/C17H25NO4/c1-10(2)13-7-6-8-14(11(3)4)16(13)22-15(19)9-21-17(20)12(5)18/h6-8,10-12H,9,18H2,1-5H3/t12-/m0/s1. The Labute approximate surface area is 131 Å². The molecule has 0 fully saturated rings. The van der Waals surface area contributed by atoms with Gasteiger partial charge in [0.25, 0.3) is 0 Å². The van der Waals surface area contributed by atoms with Crippen molar-refractivity contribution in [3.8, 4) is 5.75 Å². The van der Waals surface area contributed by atoms with Crippen molar-refractivity contribution >= 4 is 11.9 Å². The predicted molar refractivity (Wildman–Crippen MR) is 84.9 cm³/mol. The molecule has 0 aliphatic heterocycles. The summed E-state index contributed by atoms with van der Waals surface area (Å²) in [7, 11) is 0. The molecule has 0 saturated carbocycles. The second-order valence-electron chi connectivity index (χ2n) is 5.95. The normalized spacial score (nSPS) is 12.4. The lowest BCUT2D eigenvalue weighted by molar-refractivity contribution is -0.154. The molecule has 0 radical (unpaired) electrons. The lowest BCUT2D eigenvalue weighted by Crippen LogP contribution is -2.31. The highest BCUT2D eigenvalue weighted by atomic mass is 16.6. The van der Waals surface area contributed by atoms with Gasteiger partial charge in [-0.15, -0.1) is 0 Å². The number of hydrogen-bond acceptors (Lipinski definition) is 5. The summed E-state index contributed by atoms with van der Waals surface area (Å²) in [5, 5.41) is 0. The molecule has 0 aromatic heterocycles. The molecule has 0 amide bonds. The summed E-state index contributed by atoms with van der Waals surface area (Å²) in [5.41, 5.74) is 7.29. The molecule has 0 aliphatic carbocycles. The van der Waals surface area contributed by atoms with Crippen LogP contribution in [0.15, 0.2) is 18.2 Å². The van der Waals surface area contributed by atoms with Crippen LogP contribution in [0.4, 0.5) is 0 Å². The van der Waals surface area contributed by atoms with Crippen molar-refractivity contribution in [2.24, 2.45) is 5.73 Å². The molecule has 5 nitrogen and oxygen atoms in total. The zero-order valence-electron chi connectivity index (χ0n) is 13.9. The highest BCUT2D eigenvalue weighted by molar-refractivity contribution is 5.80. The van der Waals surface area contributed by atoms with E-state index in [0.717, 1.165) is 11.1 Å². The number of carbonyl (C=O) groups is 2. The average molecular weight is 307 g/mol. The van der Waals surface area contributed by atoms with E-state index >= 15 is 0 Å². The van der Waals surface area contributed by atoms with Crippen LogP contribution < -0.4 is 10.5 Å². The monoisotopic (exact) mass is 307 g/mol. The molecule has 2 N–H and O–H groups in total. The minimum atomic E-state index is -0.762. The van der Waals surface area contributed by atoms with Gasteiger partial charge in [0.15, 0.2) is 6.61 Å². The maximum atomic E-state index is 11.9.